The molecule has 0 aromatic carbocycles. The highest BCUT2D eigenvalue weighted by Crippen LogP contribution is 2.12. The number of esters is 1. The van der Waals surface area contributed by atoms with E-state index in [1.165, 1.54) is 12.7 Å². The Hall–Kier alpha value is -3.30. The van der Waals surface area contributed by atoms with Gasteiger partial charge in [0.1, 0.15) is 35.4 Å². The number of rotatable bonds is 3. The number of anilines is 2. The number of aromatic carboxylic acids is 1. The number of hydrogen-bond donors (Lipinski definition) is 3. The second kappa shape index (κ2) is 8.36. The van der Waals surface area contributed by atoms with Crippen LogP contribution >= 0.6 is 0 Å². The lowest BCUT2D eigenvalue weighted by Crippen LogP contribution is -2.12. The molecule has 0 spiro atoms. The lowest BCUT2D eigenvalue weighted by atomic mass is 10.2. The lowest BCUT2D eigenvalue weighted by molar-refractivity contribution is 0.0525. The van der Waals surface area contributed by atoms with Crippen LogP contribution in [0.3, 0.4) is 0 Å². The molecule has 128 valence electrons. The molecule has 0 radical (unpaired) electrons. The number of carboxylic acid groups (broad SMARTS) is 1. The van der Waals surface area contributed by atoms with Gasteiger partial charge in [-0.05, 0) is 20.8 Å². The Morgan fingerprint density at radius 3 is 1.79 bits per heavy atom. The Kier molecular flexibility index (Phi) is 6.53. The standard InChI is InChI=1S/C8H11N3O2.C6H7N3O2/c1-3-13-8(12)6-5(2)10-4-11-7(6)9;1-3-4(6(10)11)5(7)9-2-8-3/h4H,3H2,1-2H3,(H2,9,10,11);2H,1H3,(H,10,11)(H2,7,8,9). The van der Waals surface area contributed by atoms with E-state index in [4.69, 9.17) is 21.3 Å². The predicted octanol–water partition coefficient (Wildman–Crippen LogP) is 0.609. The van der Waals surface area contributed by atoms with Gasteiger partial charge in [0.25, 0.3) is 0 Å². The summed E-state index contributed by atoms with van der Waals surface area (Å²) in [5.74, 6) is -1.41. The van der Waals surface area contributed by atoms with Crippen LogP contribution in [0, 0.1) is 13.8 Å². The predicted molar refractivity (Wildman–Crippen MR) is 85.3 cm³/mol. The summed E-state index contributed by atoms with van der Waals surface area (Å²) in [6, 6.07) is 0. The molecule has 0 atom stereocenters. The molecule has 0 bridgehead atoms. The molecule has 2 rings (SSSR count). The van der Waals surface area contributed by atoms with E-state index in [0.29, 0.717) is 18.0 Å². The van der Waals surface area contributed by atoms with Crippen LogP contribution in [-0.4, -0.2) is 43.6 Å². The fourth-order valence-corrected chi connectivity index (χ4v) is 1.70. The first-order valence-corrected chi connectivity index (χ1v) is 6.84. The Bertz CT molecular complexity index is 710. The minimum atomic E-state index is -1.10. The number of nitrogens with two attached hydrogens (primary N) is 2. The van der Waals surface area contributed by atoms with Crippen LogP contribution in [0.25, 0.3) is 0 Å². The molecular weight excluding hydrogens is 316 g/mol. The highest BCUT2D eigenvalue weighted by atomic mass is 16.5. The summed E-state index contributed by atoms with van der Waals surface area (Å²) in [6.07, 6.45) is 2.55. The average molecular weight is 334 g/mol. The fourth-order valence-electron chi connectivity index (χ4n) is 1.70. The number of aromatic nitrogens is 4. The topological polar surface area (TPSA) is 167 Å². The van der Waals surface area contributed by atoms with Crippen LogP contribution in [0.2, 0.25) is 0 Å². The molecule has 2 aromatic rings. The summed E-state index contributed by atoms with van der Waals surface area (Å²) in [5.41, 5.74) is 11.9. The number of nitrogens with zero attached hydrogens (tertiary/aromatic N) is 4. The zero-order valence-electron chi connectivity index (χ0n) is 13.5. The summed E-state index contributed by atoms with van der Waals surface area (Å²) < 4.78 is 4.79. The van der Waals surface area contributed by atoms with Gasteiger partial charge in [-0.2, -0.15) is 0 Å². The Labute approximate surface area is 137 Å². The number of carboxylic acids is 1. The summed E-state index contributed by atoms with van der Waals surface area (Å²) >= 11 is 0. The van der Waals surface area contributed by atoms with E-state index in [1.807, 2.05) is 0 Å². The van der Waals surface area contributed by atoms with Crippen molar-refractivity contribution in [2.45, 2.75) is 20.8 Å². The van der Waals surface area contributed by atoms with Gasteiger partial charge in [0.15, 0.2) is 0 Å². The Balaban J connectivity index is 0.000000243. The van der Waals surface area contributed by atoms with E-state index >= 15 is 0 Å². The van der Waals surface area contributed by atoms with E-state index in [-0.39, 0.29) is 22.8 Å². The third-order valence-corrected chi connectivity index (χ3v) is 2.83. The molecular formula is C14H18N6O4. The molecule has 10 heteroatoms. The molecule has 0 saturated heterocycles. The van der Waals surface area contributed by atoms with E-state index in [0.717, 1.165) is 0 Å². The summed E-state index contributed by atoms with van der Waals surface area (Å²) in [4.78, 5) is 36.6. The second-order valence-electron chi connectivity index (χ2n) is 4.46. The summed E-state index contributed by atoms with van der Waals surface area (Å²) in [7, 11) is 0. The molecule has 0 amide bonds. The molecule has 24 heavy (non-hydrogen) atoms. The van der Waals surface area contributed by atoms with Crippen molar-refractivity contribution in [3.8, 4) is 0 Å². The van der Waals surface area contributed by atoms with Crippen molar-refractivity contribution in [3.63, 3.8) is 0 Å². The summed E-state index contributed by atoms with van der Waals surface area (Å²) in [5, 5.41) is 8.59. The maximum absolute atomic E-state index is 11.3. The number of nitrogen functional groups attached to an aromatic ring is 2. The molecule has 0 aliphatic heterocycles. The van der Waals surface area contributed by atoms with E-state index < -0.39 is 11.9 Å². The van der Waals surface area contributed by atoms with Crippen molar-refractivity contribution in [1.82, 2.24) is 19.9 Å². The van der Waals surface area contributed by atoms with E-state index in [9.17, 15) is 9.59 Å². The van der Waals surface area contributed by atoms with Gasteiger partial charge in [0.2, 0.25) is 0 Å². The Morgan fingerprint density at radius 2 is 1.46 bits per heavy atom. The van der Waals surface area contributed by atoms with Gasteiger partial charge in [-0.1, -0.05) is 0 Å². The van der Waals surface area contributed by atoms with E-state index in [1.54, 1.807) is 20.8 Å². The highest BCUT2D eigenvalue weighted by molar-refractivity contribution is 5.95. The SMILES string of the molecule is CCOC(=O)c1c(C)ncnc1N.Cc1ncnc(N)c1C(=O)O. The molecule has 10 nitrogen and oxygen atoms in total. The number of ether oxygens (including phenoxy) is 1. The maximum atomic E-state index is 11.3. The third-order valence-electron chi connectivity index (χ3n) is 2.83. The van der Waals surface area contributed by atoms with Gasteiger partial charge < -0.3 is 21.3 Å². The summed E-state index contributed by atoms with van der Waals surface area (Å²) in [6.45, 7) is 5.30. The molecule has 2 aromatic heterocycles. The lowest BCUT2D eigenvalue weighted by Gasteiger charge is -2.05. The number of carbonyl (C=O) groups excluding carboxylic acids is 1. The highest BCUT2D eigenvalue weighted by Gasteiger charge is 2.15. The monoisotopic (exact) mass is 334 g/mol. The first-order valence-electron chi connectivity index (χ1n) is 6.84. The quantitative estimate of drug-likeness (QED) is 0.676. The molecule has 2 heterocycles. The average Bonchev–Trinajstić information content (AvgIpc) is 2.47. The van der Waals surface area contributed by atoms with Gasteiger partial charge in [-0.3, -0.25) is 0 Å². The van der Waals surface area contributed by atoms with Crippen molar-refractivity contribution in [3.05, 3.63) is 35.2 Å². The second-order valence-corrected chi connectivity index (χ2v) is 4.46. The van der Waals surface area contributed by atoms with Crippen molar-refractivity contribution < 1.29 is 19.4 Å². The third kappa shape index (κ3) is 4.60. The van der Waals surface area contributed by atoms with E-state index in [2.05, 4.69) is 19.9 Å². The molecule has 0 unspecified atom stereocenters. The Morgan fingerprint density at radius 1 is 1.00 bits per heavy atom. The van der Waals surface area contributed by atoms with Crippen molar-refractivity contribution in [2.24, 2.45) is 0 Å². The van der Waals surface area contributed by atoms with Crippen molar-refractivity contribution in [2.75, 3.05) is 18.1 Å². The minimum absolute atomic E-state index is 0.00463. The van der Waals surface area contributed by atoms with Gasteiger partial charge in [0, 0.05) is 0 Å². The van der Waals surface area contributed by atoms with Gasteiger partial charge in [-0.15, -0.1) is 0 Å². The zero-order chi connectivity index (χ0) is 18.3. The molecule has 0 aliphatic rings. The zero-order valence-corrected chi connectivity index (χ0v) is 13.5. The molecule has 0 aliphatic carbocycles. The normalized spacial score (nSPS) is 9.62. The van der Waals surface area contributed by atoms with Gasteiger partial charge in [-0.25, -0.2) is 29.5 Å². The van der Waals surface area contributed by atoms with Crippen LogP contribution in [0.4, 0.5) is 11.6 Å². The number of aryl methyl sites for hydroxylation is 2. The fraction of sp³-hybridized carbons (Fsp3) is 0.286. The molecule has 0 fully saturated rings. The van der Waals surface area contributed by atoms with Gasteiger partial charge >= 0.3 is 11.9 Å². The largest absolute Gasteiger partial charge is 0.477 e. The smallest absolute Gasteiger partial charge is 0.343 e. The first-order chi connectivity index (χ1) is 11.3. The first kappa shape index (κ1) is 18.7. The van der Waals surface area contributed by atoms with Crippen molar-refractivity contribution >= 4 is 23.6 Å². The van der Waals surface area contributed by atoms with Crippen LogP contribution < -0.4 is 11.5 Å². The number of hydrogen-bond acceptors (Lipinski definition) is 9. The molecule has 5 N–H and O–H groups in total. The van der Waals surface area contributed by atoms with Crippen LogP contribution in [-0.2, 0) is 4.74 Å². The number of carbonyl (C=O) groups is 2. The maximum Gasteiger partial charge on any atom is 0.343 e. The van der Waals surface area contributed by atoms with Crippen LogP contribution in [0.15, 0.2) is 12.7 Å². The van der Waals surface area contributed by atoms with Crippen LogP contribution in [0.5, 0.6) is 0 Å². The van der Waals surface area contributed by atoms with Crippen molar-refractivity contribution in [1.29, 1.82) is 0 Å². The van der Waals surface area contributed by atoms with Gasteiger partial charge in [0.05, 0.1) is 18.0 Å². The minimum Gasteiger partial charge on any atom is -0.477 e. The molecule has 0 saturated carbocycles. The van der Waals surface area contributed by atoms with Crippen LogP contribution in [0.1, 0.15) is 39.0 Å².